The predicted molar refractivity (Wildman–Crippen MR) is 56.4 cm³/mol. The topological polar surface area (TPSA) is 119 Å². The van der Waals surface area contributed by atoms with Gasteiger partial charge >= 0.3 is 0 Å². The molecule has 92 valence electrons. The van der Waals surface area contributed by atoms with Crippen molar-refractivity contribution >= 4 is 11.8 Å². The van der Waals surface area contributed by atoms with Crippen molar-refractivity contribution in [3.05, 3.63) is 29.8 Å². The highest BCUT2D eigenvalue weighted by Gasteiger charge is 2.19. The molecule has 1 aromatic carbocycles. The third kappa shape index (κ3) is 3.44. The molecule has 2 amide bonds. The zero-order valence-corrected chi connectivity index (χ0v) is 8.75. The van der Waals surface area contributed by atoms with Crippen LogP contribution < -0.4 is 10.8 Å². The van der Waals surface area contributed by atoms with Gasteiger partial charge in [-0.2, -0.15) is 0 Å². The summed E-state index contributed by atoms with van der Waals surface area (Å²) in [5.74, 6) is -1.51. The Morgan fingerprint density at radius 2 is 1.82 bits per heavy atom. The second-order valence-electron chi connectivity index (χ2n) is 3.23. The lowest BCUT2D eigenvalue weighted by molar-refractivity contribution is -0.132. The molecule has 0 aliphatic heterocycles. The maximum absolute atomic E-state index is 11.6. The van der Waals surface area contributed by atoms with E-state index in [1.54, 1.807) is 0 Å². The normalized spacial score (nSPS) is 11.6. The second kappa shape index (κ2) is 5.83. The largest absolute Gasteiger partial charge is 0.508 e. The van der Waals surface area contributed by atoms with E-state index in [0.29, 0.717) is 0 Å². The molecule has 1 atom stereocenters. The van der Waals surface area contributed by atoms with Gasteiger partial charge in [-0.3, -0.25) is 14.8 Å². The lowest BCUT2D eigenvalue weighted by Gasteiger charge is -2.13. The third-order valence-corrected chi connectivity index (χ3v) is 2.04. The standard InChI is InChI=1S/C10H12N2O5/c13-5-8(10(16)12-17)11-9(15)6-1-3-7(14)4-2-6/h1-4,8,13-14,17H,5H2,(H,11,15)(H,12,16)/t8-/m0/s1. The van der Waals surface area contributed by atoms with Gasteiger partial charge in [-0.05, 0) is 24.3 Å². The number of phenolic OH excluding ortho intramolecular Hbond substituents is 1. The highest BCUT2D eigenvalue weighted by Crippen LogP contribution is 2.09. The molecule has 0 bridgehead atoms. The van der Waals surface area contributed by atoms with Crippen molar-refractivity contribution in [2.24, 2.45) is 0 Å². The number of aromatic hydroxyl groups is 1. The van der Waals surface area contributed by atoms with E-state index < -0.39 is 24.5 Å². The molecule has 17 heavy (non-hydrogen) atoms. The number of benzene rings is 1. The number of hydrogen-bond acceptors (Lipinski definition) is 5. The number of hydroxylamine groups is 1. The van der Waals surface area contributed by atoms with E-state index in [1.165, 1.54) is 29.7 Å². The van der Waals surface area contributed by atoms with E-state index in [0.717, 1.165) is 0 Å². The molecule has 0 aliphatic carbocycles. The zero-order valence-electron chi connectivity index (χ0n) is 8.75. The van der Waals surface area contributed by atoms with Crippen LogP contribution in [0.4, 0.5) is 0 Å². The van der Waals surface area contributed by atoms with Gasteiger partial charge in [0.1, 0.15) is 11.8 Å². The Kier molecular flexibility index (Phi) is 4.44. The van der Waals surface area contributed by atoms with Gasteiger partial charge in [-0.1, -0.05) is 0 Å². The van der Waals surface area contributed by atoms with Gasteiger partial charge in [0.2, 0.25) is 0 Å². The van der Waals surface area contributed by atoms with E-state index in [1.807, 2.05) is 0 Å². The SMILES string of the molecule is O=C(N[C@@H](CO)C(=O)NO)c1ccc(O)cc1. The van der Waals surface area contributed by atoms with Gasteiger partial charge < -0.3 is 15.5 Å². The first-order valence-electron chi connectivity index (χ1n) is 4.73. The Morgan fingerprint density at radius 3 is 2.29 bits per heavy atom. The number of hydrogen-bond donors (Lipinski definition) is 5. The van der Waals surface area contributed by atoms with E-state index in [-0.39, 0.29) is 11.3 Å². The molecular weight excluding hydrogens is 228 g/mol. The van der Waals surface area contributed by atoms with Crippen LogP contribution in [0.25, 0.3) is 0 Å². The molecular formula is C10H12N2O5. The van der Waals surface area contributed by atoms with Crippen LogP contribution in [0.3, 0.4) is 0 Å². The Balaban J connectivity index is 2.71. The number of carbonyl (C=O) groups is 2. The van der Waals surface area contributed by atoms with Crippen molar-refractivity contribution in [1.82, 2.24) is 10.8 Å². The van der Waals surface area contributed by atoms with Gasteiger partial charge in [0.15, 0.2) is 0 Å². The first-order valence-corrected chi connectivity index (χ1v) is 4.73. The summed E-state index contributed by atoms with van der Waals surface area (Å²) in [6.07, 6.45) is 0. The lowest BCUT2D eigenvalue weighted by atomic mass is 10.2. The number of nitrogens with one attached hydrogen (secondary N) is 2. The van der Waals surface area contributed by atoms with Crippen LogP contribution in [0.5, 0.6) is 5.75 Å². The van der Waals surface area contributed by atoms with E-state index >= 15 is 0 Å². The van der Waals surface area contributed by atoms with Crippen LogP contribution in [-0.2, 0) is 4.79 Å². The fourth-order valence-corrected chi connectivity index (χ4v) is 1.13. The Bertz CT molecular complexity index is 404. The van der Waals surface area contributed by atoms with Crippen LogP contribution in [0.15, 0.2) is 24.3 Å². The zero-order chi connectivity index (χ0) is 12.8. The van der Waals surface area contributed by atoms with E-state index in [4.69, 9.17) is 15.4 Å². The van der Waals surface area contributed by atoms with Gasteiger partial charge in [-0.15, -0.1) is 0 Å². The van der Waals surface area contributed by atoms with Gasteiger partial charge in [0.05, 0.1) is 6.61 Å². The molecule has 0 fully saturated rings. The lowest BCUT2D eigenvalue weighted by Crippen LogP contribution is -2.48. The first-order chi connectivity index (χ1) is 8.08. The molecule has 5 N–H and O–H groups in total. The van der Waals surface area contributed by atoms with Crippen LogP contribution in [-0.4, -0.2) is 39.9 Å². The fourth-order valence-electron chi connectivity index (χ4n) is 1.13. The minimum atomic E-state index is -1.23. The molecule has 7 nitrogen and oxygen atoms in total. The summed E-state index contributed by atoms with van der Waals surface area (Å²) >= 11 is 0. The minimum absolute atomic E-state index is 0.00774. The molecule has 0 aromatic heterocycles. The molecule has 1 rings (SSSR count). The molecule has 0 saturated carbocycles. The maximum Gasteiger partial charge on any atom is 0.268 e. The van der Waals surface area contributed by atoms with Crippen LogP contribution in [0, 0.1) is 0 Å². The van der Waals surface area contributed by atoms with E-state index in [9.17, 15) is 9.59 Å². The molecule has 0 aliphatic rings. The van der Waals surface area contributed by atoms with Gasteiger partial charge in [-0.25, -0.2) is 5.48 Å². The second-order valence-corrected chi connectivity index (χ2v) is 3.23. The Hall–Kier alpha value is -2.12. The number of aliphatic hydroxyl groups excluding tert-OH is 1. The van der Waals surface area contributed by atoms with Crippen molar-refractivity contribution < 1.29 is 25.0 Å². The van der Waals surface area contributed by atoms with Crippen molar-refractivity contribution in [2.45, 2.75) is 6.04 Å². The molecule has 0 heterocycles. The van der Waals surface area contributed by atoms with Crippen LogP contribution in [0.1, 0.15) is 10.4 Å². The highest BCUT2D eigenvalue weighted by atomic mass is 16.5. The summed E-state index contributed by atoms with van der Waals surface area (Å²) in [4.78, 5) is 22.6. The molecule has 1 aromatic rings. The molecule has 0 radical (unpaired) electrons. The van der Waals surface area contributed by atoms with E-state index in [2.05, 4.69) is 5.32 Å². The Morgan fingerprint density at radius 1 is 1.24 bits per heavy atom. The molecule has 0 spiro atoms. The van der Waals surface area contributed by atoms with Crippen molar-refractivity contribution in [3.63, 3.8) is 0 Å². The summed E-state index contributed by atoms with van der Waals surface area (Å²) < 4.78 is 0. The number of phenols is 1. The molecule has 7 heteroatoms. The minimum Gasteiger partial charge on any atom is -0.508 e. The smallest absolute Gasteiger partial charge is 0.268 e. The molecule has 0 saturated heterocycles. The van der Waals surface area contributed by atoms with Crippen LogP contribution >= 0.6 is 0 Å². The average molecular weight is 240 g/mol. The van der Waals surface area contributed by atoms with Crippen LogP contribution in [0.2, 0.25) is 0 Å². The Labute approximate surface area is 96.7 Å². The molecule has 0 unspecified atom stereocenters. The maximum atomic E-state index is 11.6. The predicted octanol–water partition coefficient (Wildman–Crippen LogP) is -1.01. The number of rotatable bonds is 4. The summed E-state index contributed by atoms with van der Waals surface area (Å²) in [6.45, 7) is -0.643. The summed E-state index contributed by atoms with van der Waals surface area (Å²) in [5, 5.41) is 28.4. The fraction of sp³-hybridized carbons (Fsp3) is 0.200. The van der Waals surface area contributed by atoms with Crippen molar-refractivity contribution in [1.29, 1.82) is 0 Å². The van der Waals surface area contributed by atoms with Crippen molar-refractivity contribution in [3.8, 4) is 5.75 Å². The summed E-state index contributed by atoms with van der Waals surface area (Å²) in [5.41, 5.74) is 1.54. The first kappa shape index (κ1) is 12.9. The number of carbonyl (C=O) groups excluding carboxylic acids is 2. The van der Waals surface area contributed by atoms with Gasteiger partial charge in [0.25, 0.3) is 11.8 Å². The quantitative estimate of drug-likeness (QED) is 0.341. The summed E-state index contributed by atoms with van der Waals surface area (Å²) in [7, 11) is 0. The third-order valence-electron chi connectivity index (χ3n) is 2.04. The van der Waals surface area contributed by atoms with Gasteiger partial charge in [0, 0.05) is 5.56 Å². The van der Waals surface area contributed by atoms with Crippen molar-refractivity contribution in [2.75, 3.05) is 6.61 Å². The average Bonchev–Trinajstić information content (AvgIpc) is 2.35. The monoisotopic (exact) mass is 240 g/mol. The number of amides is 2. The number of aliphatic hydroxyl groups is 1. The highest BCUT2D eigenvalue weighted by molar-refractivity contribution is 5.97. The summed E-state index contributed by atoms with van der Waals surface area (Å²) in [6, 6.07) is 4.11.